The van der Waals surface area contributed by atoms with Crippen LogP contribution in [0.5, 0.6) is 0 Å². The second kappa shape index (κ2) is 6.00. The van der Waals surface area contributed by atoms with E-state index in [1.54, 1.807) is 0 Å². The fraction of sp³-hybridized carbons (Fsp3) is 0.733. The molecule has 1 spiro atoms. The first-order chi connectivity index (χ1) is 8.66. The molecule has 0 aromatic carbocycles. The van der Waals surface area contributed by atoms with E-state index in [1.165, 1.54) is 31.5 Å². The van der Waals surface area contributed by atoms with Crippen LogP contribution in [-0.4, -0.2) is 55.4 Å². The Hall–Kier alpha value is -0.640. The van der Waals surface area contributed by atoms with Crippen molar-refractivity contribution in [2.24, 2.45) is 0 Å². The Balaban J connectivity index is 2.04. The molecule has 0 bridgehead atoms. The van der Waals surface area contributed by atoms with Gasteiger partial charge in [0, 0.05) is 18.6 Å². The average molecular weight is 250 g/mol. The average Bonchev–Trinajstić information content (AvgIpc) is 2.72. The van der Waals surface area contributed by atoms with Crippen LogP contribution in [0.4, 0.5) is 0 Å². The molecule has 0 aromatic rings. The molecule has 0 N–H and O–H groups in total. The van der Waals surface area contributed by atoms with Crippen LogP contribution in [0.25, 0.3) is 0 Å². The molecule has 2 aliphatic heterocycles. The van der Waals surface area contributed by atoms with Gasteiger partial charge in [-0.25, -0.2) is 0 Å². The summed E-state index contributed by atoms with van der Waals surface area (Å²) in [7, 11) is 2.23. The SMILES string of the molecule is CC=CC=C(C)CN1COCCC12CCN(C)C2. The third kappa shape index (κ3) is 3.02. The molecule has 1 unspecified atom stereocenters. The minimum absolute atomic E-state index is 0.359. The zero-order chi connectivity index (χ0) is 13.0. The Labute approximate surface area is 111 Å². The molecule has 2 aliphatic rings. The first-order valence-corrected chi connectivity index (χ1v) is 6.96. The van der Waals surface area contributed by atoms with Gasteiger partial charge in [-0.2, -0.15) is 0 Å². The van der Waals surface area contributed by atoms with Gasteiger partial charge in [-0.15, -0.1) is 0 Å². The van der Waals surface area contributed by atoms with Crippen molar-refractivity contribution in [3.05, 3.63) is 23.8 Å². The van der Waals surface area contributed by atoms with Crippen molar-refractivity contribution in [2.75, 3.05) is 40.0 Å². The highest BCUT2D eigenvalue weighted by molar-refractivity contribution is 5.13. The molecule has 18 heavy (non-hydrogen) atoms. The molecule has 0 radical (unpaired) electrons. The lowest BCUT2D eigenvalue weighted by Crippen LogP contribution is -2.55. The molecule has 1 atom stereocenters. The first kappa shape index (κ1) is 13.8. The van der Waals surface area contributed by atoms with E-state index in [-0.39, 0.29) is 0 Å². The number of allylic oxidation sites excluding steroid dienone is 3. The first-order valence-electron chi connectivity index (χ1n) is 6.96. The molecular formula is C15H26N2O. The highest BCUT2D eigenvalue weighted by atomic mass is 16.5. The highest BCUT2D eigenvalue weighted by Crippen LogP contribution is 2.33. The maximum atomic E-state index is 5.67. The minimum Gasteiger partial charge on any atom is -0.366 e. The molecular weight excluding hydrogens is 224 g/mol. The Kier molecular flexibility index (Phi) is 4.60. The van der Waals surface area contributed by atoms with Crippen molar-refractivity contribution in [3.8, 4) is 0 Å². The van der Waals surface area contributed by atoms with Gasteiger partial charge in [0.15, 0.2) is 0 Å². The molecule has 0 aliphatic carbocycles. The van der Waals surface area contributed by atoms with Crippen LogP contribution in [0, 0.1) is 0 Å². The molecule has 2 rings (SSSR count). The van der Waals surface area contributed by atoms with Gasteiger partial charge in [-0.05, 0) is 40.3 Å². The van der Waals surface area contributed by atoms with Crippen LogP contribution in [0.15, 0.2) is 23.8 Å². The van der Waals surface area contributed by atoms with Gasteiger partial charge >= 0.3 is 0 Å². The Morgan fingerprint density at radius 3 is 2.89 bits per heavy atom. The van der Waals surface area contributed by atoms with E-state index in [2.05, 4.69) is 48.9 Å². The third-order valence-corrected chi connectivity index (χ3v) is 4.17. The van der Waals surface area contributed by atoms with Gasteiger partial charge in [0.1, 0.15) is 0 Å². The van der Waals surface area contributed by atoms with Gasteiger partial charge in [0.25, 0.3) is 0 Å². The van der Waals surface area contributed by atoms with Crippen LogP contribution in [-0.2, 0) is 4.74 Å². The molecule has 2 saturated heterocycles. The number of likely N-dealkylation sites (N-methyl/N-ethyl adjacent to an activating group) is 1. The summed E-state index contributed by atoms with van der Waals surface area (Å²) in [4.78, 5) is 4.98. The summed E-state index contributed by atoms with van der Waals surface area (Å²) >= 11 is 0. The maximum Gasteiger partial charge on any atom is 0.0997 e. The van der Waals surface area contributed by atoms with Gasteiger partial charge in [-0.1, -0.05) is 23.8 Å². The van der Waals surface area contributed by atoms with E-state index < -0.39 is 0 Å². The van der Waals surface area contributed by atoms with E-state index in [9.17, 15) is 0 Å². The van der Waals surface area contributed by atoms with E-state index >= 15 is 0 Å². The number of ether oxygens (including phenoxy) is 1. The molecule has 3 nitrogen and oxygen atoms in total. The predicted octanol–water partition coefficient (Wildman–Crippen LogP) is 2.26. The lowest BCUT2D eigenvalue weighted by atomic mass is 9.91. The van der Waals surface area contributed by atoms with E-state index in [1.807, 2.05) is 0 Å². The van der Waals surface area contributed by atoms with Crippen LogP contribution >= 0.6 is 0 Å². The fourth-order valence-electron chi connectivity index (χ4n) is 3.08. The minimum atomic E-state index is 0.359. The lowest BCUT2D eigenvalue weighted by Gasteiger charge is -2.44. The molecule has 0 aromatic heterocycles. The third-order valence-electron chi connectivity index (χ3n) is 4.17. The summed E-state index contributed by atoms with van der Waals surface area (Å²) in [5, 5.41) is 0. The Morgan fingerprint density at radius 2 is 2.22 bits per heavy atom. The monoisotopic (exact) mass is 250 g/mol. The van der Waals surface area contributed by atoms with Gasteiger partial charge in [-0.3, -0.25) is 4.90 Å². The molecule has 0 saturated carbocycles. The summed E-state index contributed by atoms with van der Waals surface area (Å²) in [5.74, 6) is 0. The molecule has 2 fully saturated rings. The summed E-state index contributed by atoms with van der Waals surface area (Å²) in [5.41, 5.74) is 1.77. The number of rotatable bonds is 3. The zero-order valence-corrected chi connectivity index (χ0v) is 12.0. The molecule has 102 valence electrons. The van der Waals surface area contributed by atoms with Crippen LogP contribution in [0.3, 0.4) is 0 Å². The van der Waals surface area contributed by atoms with Crippen LogP contribution < -0.4 is 0 Å². The number of hydrogen-bond acceptors (Lipinski definition) is 3. The maximum absolute atomic E-state index is 5.67. The van der Waals surface area contributed by atoms with Crippen molar-refractivity contribution in [1.82, 2.24) is 9.80 Å². The van der Waals surface area contributed by atoms with E-state index in [4.69, 9.17) is 4.74 Å². The fourth-order valence-corrected chi connectivity index (χ4v) is 3.08. The summed E-state index contributed by atoms with van der Waals surface area (Å²) < 4.78 is 5.67. The standard InChI is InChI=1S/C15H26N2O/c1-4-5-6-14(2)11-17-13-18-10-8-15(17)7-9-16(3)12-15/h4-6H,7-13H2,1-3H3. The van der Waals surface area contributed by atoms with Crippen molar-refractivity contribution < 1.29 is 4.74 Å². The van der Waals surface area contributed by atoms with Crippen LogP contribution in [0.2, 0.25) is 0 Å². The normalized spacial score (nSPS) is 31.8. The molecule has 2 heterocycles. The van der Waals surface area contributed by atoms with Crippen molar-refractivity contribution in [2.45, 2.75) is 32.2 Å². The lowest BCUT2D eigenvalue weighted by molar-refractivity contribution is -0.0863. The van der Waals surface area contributed by atoms with Crippen molar-refractivity contribution in [3.63, 3.8) is 0 Å². The largest absolute Gasteiger partial charge is 0.366 e. The van der Waals surface area contributed by atoms with Crippen molar-refractivity contribution >= 4 is 0 Å². The molecule has 0 amide bonds. The number of likely N-dealkylation sites (tertiary alicyclic amines) is 1. The van der Waals surface area contributed by atoms with Crippen molar-refractivity contribution in [1.29, 1.82) is 0 Å². The summed E-state index contributed by atoms with van der Waals surface area (Å²) in [6.07, 6.45) is 8.86. The van der Waals surface area contributed by atoms with Gasteiger partial charge in [0.2, 0.25) is 0 Å². The Morgan fingerprint density at radius 1 is 1.39 bits per heavy atom. The highest BCUT2D eigenvalue weighted by Gasteiger charge is 2.43. The topological polar surface area (TPSA) is 15.7 Å². The second-order valence-electron chi connectivity index (χ2n) is 5.74. The number of nitrogens with zero attached hydrogens (tertiary/aromatic N) is 2. The smallest absolute Gasteiger partial charge is 0.0997 e. The van der Waals surface area contributed by atoms with Gasteiger partial charge < -0.3 is 9.64 Å². The quantitative estimate of drug-likeness (QED) is 0.715. The van der Waals surface area contributed by atoms with Gasteiger partial charge in [0.05, 0.1) is 13.3 Å². The van der Waals surface area contributed by atoms with E-state index in [0.717, 1.165) is 19.9 Å². The van der Waals surface area contributed by atoms with Crippen LogP contribution in [0.1, 0.15) is 26.7 Å². The summed E-state index contributed by atoms with van der Waals surface area (Å²) in [6, 6.07) is 0. The Bertz CT molecular complexity index is 333. The zero-order valence-electron chi connectivity index (χ0n) is 12.0. The molecule has 3 heteroatoms. The number of hydrogen-bond donors (Lipinski definition) is 0. The predicted molar refractivity (Wildman–Crippen MR) is 75.6 cm³/mol. The van der Waals surface area contributed by atoms with E-state index in [0.29, 0.717) is 5.54 Å². The summed E-state index contributed by atoms with van der Waals surface area (Å²) in [6.45, 7) is 9.40. The second-order valence-corrected chi connectivity index (χ2v) is 5.74.